The molecule has 1 amide bonds. The van der Waals surface area contributed by atoms with Crippen molar-refractivity contribution in [1.82, 2.24) is 5.32 Å². The molecule has 0 fully saturated rings. The van der Waals surface area contributed by atoms with Crippen molar-refractivity contribution in [2.24, 2.45) is 0 Å². The molecule has 2 rings (SSSR count). The Balaban J connectivity index is 1.98. The smallest absolute Gasteiger partial charge is 0.261 e. The predicted molar refractivity (Wildman–Crippen MR) is 87.1 cm³/mol. The van der Waals surface area contributed by atoms with E-state index < -0.39 is 11.9 Å². The minimum Gasteiger partial charge on any atom is -0.480 e. The number of hydrogen-bond donors (Lipinski definition) is 1. The number of rotatable bonds is 5. The van der Waals surface area contributed by atoms with Crippen LogP contribution in [0.1, 0.15) is 25.5 Å². The molecule has 2 aromatic rings. The lowest BCUT2D eigenvalue weighted by atomic mass is 10.1. The van der Waals surface area contributed by atoms with E-state index in [9.17, 15) is 13.6 Å². The van der Waals surface area contributed by atoms with Gasteiger partial charge in [-0.05, 0) is 65.7 Å². The molecule has 0 aliphatic rings. The Hall–Kier alpha value is -1.95. The molecular formula is C17H16BrF2NO2. The highest BCUT2D eigenvalue weighted by atomic mass is 79.9. The largest absolute Gasteiger partial charge is 0.480 e. The Morgan fingerprint density at radius 2 is 1.70 bits per heavy atom. The molecular weight excluding hydrogens is 368 g/mol. The van der Waals surface area contributed by atoms with Crippen LogP contribution in [0.15, 0.2) is 46.9 Å². The van der Waals surface area contributed by atoms with Crippen molar-refractivity contribution in [1.29, 1.82) is 0 Å². The lowest BCUT2D eigenvalue weighted by Crippen LogP contribution is -2.37. The van der Waals surface area contributed by atoms with Crippen LogP contribution in [0.5, 0.6) is 5.75 Å². The number of amides is 1. The normalized spacial score (nSPS) is 13.3. The summed E-state index contributed by atoms with van der Waals surface area (Å²) < 4.78 is 31.9. The number of carbonyl (C=O) groups is 1. The Kier molecular flexibility index (Phi) is 5.71. The van der Waals surface area contributed by atoms with Gasteiger partial charge in [0.1, 0.15) is 17.4 Å². The molecule has 1 N–H and O–H groups in total. The van der Waals surface area contributed by atoms with Crippen molar-refractivity contribution >= 4 is 21.8 Å². The average Bonchev–Trinajstić information content (AvgIpc) is 2.50. The minimum atomic E-state index is -0.764. The second-order valence-corrected chi connectivity index (χ2v) is 5.97. The first-order valence-corrected chi connectivity index (χ1v) is 7.83. The number of halogens is 3. The highest BCUT2D eigenvalue weighted by Crippen LogP contribution is 2.26. The lowest BCUT2D eigenvalue weighted by Gasteiger charge is -2.19. The van der Waals surface area contributed by atoms with Gasteiger partial charge in [0.25, 0.3) is 5.91 Å². The summed E-state index contributed by atoms with van der Waals surface area (Å²) in [6, 6.07) is 9.59. The molecule has 2 aromatic carbocycles. The molecule has 0 bridgehead atoms. The van der Waals surface area contributed by atoms with Crippen LogP contribution in [0.2, 0.25) is 0 Å². The quantitative estimate of drug-likeness (QED) is 0.832. The van der Waals surface area contributed by atoms with E-state index in [-0.39, 0.29) is 17.8 Å². The Morgan fingerprint density at radius 3 is 2.30 bits per heavy atom. The van der Waals surface area contributed by atoms with Crippen LogP contribution in [-0.4, -0.2) is 12.0 Å². The van der Waals surface area contributed by atoms with Crippen LogP contribution in [-0.2, 0) is 4.79 Å². The second kappa shape index (κ2) is 7.55. The molecule has 0 unspecified atom stereocenters. The predicted octanol–water partition coefficient (Wildman–Crippen LogP) is 4.37. The second-order valence-electron chi connectivity index (χ2n) is 5.12. The van der Waals surface area contributed by atoms with E-state index >= 15 is 0 Å². The van der Waals surface area contributed by atoms with E-state index in [2.05, 4.69) is 21.2 Å². The van der Waals surface area contributed by atoms with Gasteiger partial charge in [-0.1, -0.05) is 12.1 Å². The lowest BCUT2D eigenvalue weighted by molar-refractivity contribution is -0.127. The van der Waals surface area contributed by atoms with Crippen LogP contribution in [0.3, 0.4) is 0 Å². The molecule has 6 heteroatoms. The number of ether oxygens (including phenoxy) is 1. The Labute approximate surface area is 141 Å². The van der Waals surface area contributed by atoms with Gasteiger partial charge < -0.3 is 10.1 Å². The van der Waals surface area contributed by atoms with Gasteiger partial charge in [0.05, 0.1) is 10.5 Å². The monoisotopic (exact) mass is 383 g/mol. The van der Waals surface area contributed by atoms with Gasteiger partial charge in [-0.25, -0.2) is 8.78 Å². The zero-order chi connectivity index (χ0) is 17.0. The SMILES string of the molecule is C[C@H](Oc1ccc(F)cc1Br)C(=O)N[C@H](C)c1ccc(F)cc1. The summed E-state index contributed by atoms with van der Waals surface area (Å²) in [5, 5.41) is 2.79. The third-order valence-electron chi connectivity index (χ3n) is 3.30. The maximum Gasteiger partial charge on any atom is 0.261 e. The van der Waals surface area contributed by atoms with Crippen molar-refractivity contribution in [2.45, 2.75) is 26.0 Å². The summed E-state index contributed by atoms with van der Waals surface area (Å²) in [7, 11) is 0. The number of nitrogens with one attached hydrogen (secondary N) is 1. The fourth-order valence-electron chi connectivity index (χ4n) is 1.98. The topological polar surface area (TPSA) is 38.3 Å². The van der Waals surface area contributed by atoms with Gasteiger partial charge in [0.2, 0.25) is 0 Å². The maximum absolute atomic E-state index is 13.0. The number of benzene rings is 2. The molecule has 3 nitrogen and oxygen atoms in total. The first-order valence-electron chi connectivity index (χ1n) is 7.04. The standard InChI is InChI=1S/C17H16BrF2NO2/c1-10(12-3-5-13(19)6-4-12)21-17(22)11(2)23-16-8-7-14(20)9-15(16)18/h3-11H,1-2H3,(H,21,22)/t10-,11+/m1/s1. The van der Waals surface area contributed by atoms with Crippen LogP contribution in [0.4, 0.5) is 8.78 Å². The summed E-state index contributed by atoms with van der Waals surface area (Å²) in [6.45, 7) is 3.40. The molecule has 0 saturated heterocycles. The van der Waals surface area contributed by atoms with E-state index in [1.165, 1.54) is 30.3 Å². The zero-order valence-electron chi connectivity index (χ0n) is 12.6. The van der Waals surface area contributed by atoms with Crippen molar-refractivity contribution in [3.8, 4) is 5.75 Å². The van der Waals surface area contributed by atoms with Gasteiger partial charge >= 0.3 is 0 Å². The van der Waals surface area contributed by atoms with Gasteiger partial charge in [-0.2, -0.15) is 0 Å². The number of hydrogen-bond acceptors (Lipinski definition) is 2. The molecule has 122 valence electrons. The minimum absolute atomic E-state index is 0.286. The maximum atomic E-state index is 13.0. The van der Waals surface area contributed by atoms with Gasteiger partial charge in [-0.3, -0.25) is 4.79 Å². The highest BCUT2D eigenvalue weighted by Gasteiger charge is 2.18. The van der Waals surface area contributed by atoms with E-state index in [0.717, 1.165) is 5.56 Å². The van der Waals surface area contributed by atoms with Gasteiger partial charge in [0.15, 0.2) is 6.10 Å². The van der Waals surface area contributed by atoms with Gasteiger partial charge in [0, 0.05) is 0 Å². The Bertz CT molecular complexity index is 691. The first-order chi connectivity index (χ1) is 10.9. The zero-order valence-corrected chi connectivity index (χ0v) is 14.2. The van der Waals surface area contributed by atoms with E-state index in [1.807, 2.05) is 0 Å². The van der Waals surface area contributed by atoms with Crippen LogP contribution in [0, 0.1) is 11.6 Å². The van der Waals surface area contributed by atoms with E-state index in [0.29, 0.717) is 10.2 Å². The third kappa shape index (κ3) is 4.76. The van der Waals surface area contributed by atoms with E-state index in [4.69, 9.17) is 4.74 Å². The third-order valence-corrected chi connectivity index (χ3v) is 3.92. The van der Waals surface area contributed by atoms with Crippen LogP contribution < -0.4 is 10.1 Å². The fraction of sp³-hybridized carbons (Fsp3) is 0.235. The van der Waals surface area contributed by atoms with Crippen molar-refractivity contribution in [3.63, 3.8) is 0 Å². The van der Waals surface area contributed by atoms with Crippen LogP contribution in [0.25, 0.3) is 0 Å². The molecule has 0 aliphatic carbocycles. The summed E-state index contributed by atoms with van der Waals surface area (Å²) in [4.78, 5) is 12.2. The van der Waals surface area contributed by atoms with Crippen molar-refractivity contribution in [2.75, 3.05) is 0 Å². The molecule has 2 atom stereocenters. The summed E-state index contributed by atoms with van der Waals surface area (Å²) >= 11 is 3.19. The molecule has 0 heterocycles. The molecule has 0 radical (unpaired) electrons. The summed E-state index contributed by atoms with van der Waals surface area (Å²) in [6.07, 6.45) is -0.764. The molecule has 0 spiro atoms. The molecule has 0 saturated carbocycles. The van der Waals surface area contributed by atoms with Crippen molar-refractivity contribution < 1.29 is 18.3 Å². The molecule has 0 aliphatic heterocycles. The fourth-order valence-corrected chi connectivity index (χ4v) is 2.42. The van der Waals surface area contributed by atoms with E-state index in [1.54, 1.807) is 26.0 Å². The van der Waals surface area contributed by atoms with Gasteiger partial charge in [-0.15, -0.1) is 0 Å². The summed E-state index contributed by atoms with van der Waals surface area (Å²) in [5.74, 6) is -0.669. The Morgan fingerprint density at radius 1 is 1.09 bits per heavy atom. The molecule has 23 heavy (non-hydrogen) atoms. The number of carbonyl (C=O) groups excluding carboxylic acids is 1. The first kappa shape index (κ1) is 17.4. The molecule has 0 aromatic heterocycles. The highest BCUT2D eigenvalue weighted by molar-refractivity contribution is 9.10. The average molecular weight is 384 g/mol. The summed E-state index contributed by atoms with van der Waals surface area (Å²) in [5.41, 5.74) is 0.787. The van der Waals surface area contributed by atoms with Crippen molar-refractivity contribution in [3.05, 3.63) is 64.1 Å². The van der Waals surface area contributed by atoms with Crippen LogP contribution >= 0.6 is 15.9 Å².